The monoisotopic (exact) mass is 230 g/mol. The van der Waals surface area contributed by atoms with Crippen molar-refractivity contribution in [1.29, 1.82) is 0 Å². The SMILES string of the molecule is Cc1ccnc(C(N)c2cc(C)ccc2F)c1. The predicted octanol–water partition coefficient (Wildman–Crippen LogP) is 2.89. The first-order chi connectivity index (χ1) is 8.08. The fraction of sp³-hybridized carbons (Fsp3) is 0.214. The maximum absolute atomic E-state index is 13.7. The minimum atomic E-state index is -0.519. The quantitative estimate of drug-likeness (QED) is 0.861. The lowest BCUT2D eigenvalue weighted by molar-refractivity contribution is 0.596. The van der Waals surface area contributed by atoms with Crippen LogP contribution in [0.25, 0.3) is 0 Å². The molecule has 0 spiro atoms. The lowest BCUT2D eigenvalue weighted by atomic mass is 10.0. The zero-order valence-electron chi connectivity index (χ0n) is 9.94. The molecule has 0 bridgehead atoms. The minimum Gasteiger partial charge on any atom is -0.319 e. The fourth-order valence-electron chi connectivity index (χ4n) is 1.79. The summed E-state index contributed by atoms with van der Waals surface area (Å²) in [5.41, 5.74) is 9.29. The zero-order valence-corrected chi connectivity index (χ0v) is 9.94. The van der Waals surface area contributed by atoms with Gasteiger partial charge in [0.25, 0.3) is 0 Å². The average molecular weight is 230 g/mol. The van der Waals surface area contributed by atoms with E-state index >= 15 is 0 Å². The minimum absolute atomic E-state index is 0.286. The molecule has 2 nitrogen and oxygen atoms in total. The summed E-state index contributed by atoms with van der Waals surface area (Å²) in [5, 5.41) is 0. The summed E-state index contributed by atoms with van der Waals surface area (Å²) in [6.07, 6.45) is 1.69. The van der Waals surface area contributed by atoms with Gasteiger partial charge < -0.3 is 5.73 Å². The smallest absolute Gasteiger partial charge is 0.128 e. The van der Waals surface area contributed by atoms with E-state index < -0.39 is 6.04 Å². The highest BCUT2D eigenvalue weighted by molar-refractivity contribution is 5.32. The molecule has 0 fully saturated rings. The lowest BCUT2D eigenvalue weighted by Crippen LogP contribution is -2.15. The third-order valence-corrected chi connectivity index (χ3v) is 2.74. The van der Waals surface area contributed by atoms with Crippen LogP contribution in [-0.4, -0.2) is 4.98 Å². The van der Waals surface area contributed by atoms with Crippen LogP contribution in [0, 0.1) is 19.7 Å². The second-order valence-corrected chi connectivity index (χ2v) is 4.26. The second-order valence-electron chi connectivity index (χ2n) is 4.26. The number of pyridine rings is 1. The van der Waals surface area contributed by atoms with E-state index in [1.807, 2.05) is 26.0 Å². The zero-order chi connectivity index (χ0) is 12.4. The first-order valence-electron chi connectivity index (χ1n) is 5.52. The highest BCUT2D eigenvalue weighted by Crippen LogP contribution is 2.22. The molecule has 1 aromatic carbocycles. The van der Waals surface area contributed by atoms with Gasteiger partial charge in [-0.1, -0.05) is 17.7 Å². The Morgan fingerprint density at radius 3 is 2.53 bits per heavy atom. The van der Waals surface area contributed by atoms with Crippen LogP contribution >= 0.6 is 0 Å². The number of halogens is 1. The average Bonchev–Trinajstić information content (AvgIpc) is 2.31. The molecule has 3 heteroatoms. The van der Waals surface area contributed by atoms with Crippen LogP contribution in [0.3, 0.4) is 0 Å². The van der Waals surface area contributed by atoms with Crippen molar-refractivity contribution in [3.63, 3.8) is 0 Å². The van der Waals surface area contributed by atoms with Crippen molar-refractivity contribution in [2.45, 2.75) is 19.9 Å². The van der Waals surface area contributed by atoms with Gasteiger partial charge in [0.2, 0.25) is 0 Å². The van der Waals surface area contributed by atoms with E-state index in [0.717, 1.165) is 11.1 Å². The van der Waals surface area contributed by atoms with Crippen molar-refractivity contribution in [1.82, 2.24) is 4.98 Å². The Labute approximate surface area is 100 Å². The van der Waals surface area contributed by atoms with E-state index in [0.29, 0.717) is 11.3 Å². The normalized spacial score (nSPS) is 12.5. The van der Waals surface area contributed by atoms with E-state index in [1.54, 1.807) is 18.3 Å². The van der Waals surface area contributed by atoms with E-state index in [9.17, 15) is 4.39 Å². The molecule has 1 atom stereocenters. The predicted molar refractivity (Wildman–Crippen MR) is 66.1 cm³/mol. The van der Waals surface area contributed by atoms with Crippen LogP contribution in [0.4, 0.5) is 4.39 Å². The number of hydrogen-bond donors (Lipinski definition) is 1. The molecule has 0 radical (unpaired) electrons. The van der Waals surface area contributed by atoms with Gasteiger partial charge in [-0.05, 0) is 37.6 Å². The van der Waals surface area contributed by atoms with E-state index in [2.05, 4.69) is 4.98 Å². The summed E-state index contributed by atoms with van der Waals surface area (Å²) in [5.74, 6) is -0.286. The Morgan fingerprint density at radius 2 is 1.82 bits per heavy atom. The Hall–Kier alpha value is -1.74. The number of rotatable bonds is 2. The van der Waals surface area contributed by atoms with E-state index in [-0.39, 0.29) is 5.82 Å². The van der Waals surface area contributed by atoms with E-state index in [4.69, 9.17) is 5.73 Å². The second kappa shape index (κ2) is 4.63. The first kappa shape index (κ1) is 11.7. The lowest BCUT2D eigenvalue weighted by Gasteiger charge is -2.13. The van der Waals surface area contributed by atoms with Gasteiger partial charge in [-0.2, -0.15) is 0 Å². The van der Waals surface area contributed by atoms with Crippen molar-refractivity contribution < 1.29 is 4.39 Å². The number of benzene rings is 1. The number of aryl methyl sites for hydroxylation is 2. The molecule has 0 amide bonds. The van der Waals surface area contributed by atoms with Crippen molar-refractivity contribution in [3.8, 4) is 0 Å². The maximum atomic E-state index is 13.7. The van der Waals surface area contributed by atoms with Crippen LogP contribution in [-0.2, 0) is 0 Å². The molecule has 2 aromatic rings. The highest BCUT2D eigenvalue weighted by atomic mass is 19.1. The Bertz CT molecular complexity index is 537. The first-order valence-corrected chi connectivity index (χ1v) is 5.52. The summed E-state index contributed by atoms with van der Waals surface area (Å²) < 4.78 is 13.7. The Balaban J connectivity index is 2.43. The van der Waals surface area contributed by atoms with Gasteiger partial charge in [-0.3, -0.25) is 4.98 Å². The molecule has 2 rings (SSSR count). The molecule has 1 heterocycles. The van der Waals surface area contributed by atoms with Gasteiger partial charge in [0.05, 0.1) is 11.7 Å². The molecule has 0 aliphatic heterocycles. The Kier molecular flexibility index (Phi) is 3.20. The summed E-state index contributed by atoms with van der Waals surface area (Å²) in [6.45, 7) is 3.88. The molecule has 0 aliphatic rings. The van der Waals surface area contributed by atoms with Gasteiger partial charge >= 0.3 is 0 Å². The molecule has 0 aliphatic carbocycles. The molecule has 2 N–H and O–H groups in total. The van der Waals surface area contributed by atoms with Crippen LogP contribution in [0.2, 0.25) is 0 Å². The summed E-state index contributed by atoms with van der Waals surface area (Å²) >= 11 is 0. The fourth-order valence-corrected chi connectivity index (χ4v) is 1.79. The number of aromatic nitrogens is 1. The van der Waals surface area contributed by atoms with E-state index in [1.165, 1.54) is 6.07 Å². The molecule has 17 heavy (non-hydrogen) atoms. The Morgan fingerprint density at radius 1 is 1.12 bits per heavy atom. The van der Waals surface area contributed by atoms with Gasteiger partial charge in [-0.15, -0.1) is 0 Å². The molecule has 1 aromatic heterocycles. The largest absolute Gasteiger partial charge is 0.319 e. The molecule has 0 saturated carbocycles. The standard InChI is InChI=1S/C14H15FN2/c1-9-3-4-12(15)11(7-9)14(16)13-8-10(2)5-6-17-13/h3-8,14H,16H2,1-2H3. The maximum Gasteiger partial charge on any atom is 0.128 e. The molecular formula is C14H15FN2. The molecule has 0 saturated heterocycles. The van der Waals surface area contributed by atoms with Gasteiger partial charge in [-0.25, -0.2) is 4.39 Å². The number of nitrogens with two attached hydrogens (primary N) is 1. The van der Waals surface area contributed by atoms with Gasteiger partial charge in [0, 0.05) is 11.8 Å². The number of hydrogen-bond acceptors (Lipinski definition) is 2. The summed E-state index contributed by atoms with van der Waals surface area (Å²) in [7, 11) is 0. The third-order valence-electron chi connectivity index (χ3n) is 2.74. The third kappa shape index (κ3) is 2.50. The molecular weight excluding hydrogens is 215 g/mol. The topological polar surface area (TPSA) is 38.9 Å². The van der Waals surface area contributed by atoms with Crippen LogP contribution in [0.5, 0.6) is 0 Å². The van der Waals surface area contributed by atoms with Crippen LogP contribution in [0.1, 0.15) is 28.4 Å². The summed E-state index contributed by atoms with van der Waals surface area (Å²) in [6, 6.07) is 8.20. The van der Waals surface area contributed by atoms with Crippen LogP contribution in [0.15, 0.2) is 36.5 Å². The van der Waals surface area contributed by atoms with Crippen molar-refractivity contribution >= 4 is 0 Å². The van der Waals surface area contributed by atoms with Gasteiger partial charge in [0.15, 0.2) is 0 Å². The van der Waals surface area contributed by atoms with Crippen LogP contribution < -0.4 is 5.73 Å². The summed E-state index contributed by atoms with van der Waals surface area (Å²) in [4.78, 5) is 4.19. The molecule has 88 valence electrons. The highest BCUT2D eigenvalue weighted by Gasteiger charge is 2.14. The van der Waals surface area contributed by atoms with Gasteiger partial charge in [0.1, 0.15) is 5.82 Å². The van der Waals surface area contributed by atoms with Crippen molar-refractivity contribution in [2.75, 3.05) is 0 Å². The van der Waals surface area contributed by atoms with Crippen molar-refractivity contribution in [2.24, 2.45) is 5.73 Å². The van der Waals surface area contributed by atoms with Crippen molar-refractivity contribution in [3.05, 3.63) is 64.7 Å². The number of nitrogens with zero attached hydrogens (tertiary/aromatic N) is 1. The molecule has 1 unspecified atom stereocenters.